The molecule has 5 nitrogen and oxygen atoms in total. The largest absolute Gasteiger partial charge is 0.385 e. The maximum absolute atomic E-state index is 9.72. The van der Waals surface area contributed by atoms with E-state index in [1.54, 1.807) is 27.1 Å². The van der Waals surface area contributed by atoms with Crippen LogP contribution in [0.3, 0.4) is 0 Å². The molecule has 1 atom stereocenters. The number of aliphatic hydroxyl groups excluding tert-OH is 1. The van der Waals surface area contributed by atoms with Crippen LogP contribution in [0.15, 0.2) is 6.20 Å². The van der Waals surface area contributed by atoms with Crippen molar-refractivity contribution < 1.29 is 5.11 Å². The van der Waals surface area contributed by atoms with Crippen LogP contribution in [0.2, 0.25) is 0 Å². The third-order valence-electron chi connectivity index (χ3n) is 1.87. The Morgan fingerprint density at radius 3 is 2.69 bits per heavy atom. The summed E-state index contributed by atoms with van der Waals surface area (Å²) < 4.78 is 1.49. The second-order valence-corrected chi connectivity index (χ2v) is 3.55. The second-order valence-electron chi connectivity index (χ2n) is 3.55. The van der Waals surface area contributed by atoms with E-state index >= 15 is 0 Å². The van der Waals surface area contributed by atoms with Gasteiger partial charge in [0.1, 0.15) is 11.8 Å². The fraction of sp³-hybridized carbons (Fsp3) is 0.625. The minimum atomic E-state index is -0.897. The standard InChI is InChI=1S/C8H12N4O/c1-8(2,5-9)7(13)6-4-12(3)11-10-6/h4,7,13H,1-3H3. The van der Waals surface area contributed by atoms with Crippen molar-refractivity contribution in [1.82, 2.24) is 15.0 Å². The molecule has 70 valence electrons. The molecule has 13 heavy (non-hydrogen) atoms. The Morgan fingerprint density at radius 2 is 2.31 bits per heavy atom. The zero-order chi connectivity index (χ0) is 10.1. The highest BCUT2D eigenvalue weighted by Crippen LogP contribution is 2.30. The van der Waals surface area contributed by atoms with Crippen molar-refractivity contribution in [2.45, 2.75) is 20.0 Å². The van der Waals surface area contributed by atoms with E-state index in [9.17, 15) is 5.11 Å². The highest BCUT2D eigenvalue weighted by molar-refractivity contribution is 5.09. The zero-order valence-electron chi connectivity index (χ0n) is 7.89. The van der Waals surface area contributed by atoms with Crippen LogP contribution in [0.25, 0.3) is 0 Å². The molecule has 0 saturated heterocycles. The normalized spacial score (nSPS) is 13.8. The lowest BCUT2D eigenvalue weighted by atomic mass is 9.87. The minimum absolute atomic E-state index is 0.425. The lowest BCUT2D eigenvalue weighted by molar-refractivity contribution is 0.0826. The summed E-state index contributed by atoms with van der Waals surface area (Å²) in [7, 11) is 1.71. The predicted octanol–water partition coefficient (Wildman–Crippen LogP) is 0.398. The van der Waals surface area contributed by atoms with Crippen molar-refractivity contribution in [3.63, 3.8) is 0 Å². The molecule has 0 spiro atoms. The first kappa shape index (κ1) is 9.68. The van der Waals surface area contributed by atoms with Crippen LogP contribution < -0.4 is 0 Å². The molecule has 0 radical (unpaired) electrons. The van der Waals surface area contributed by atoms with E-state index in [2.05, 4.69) is 10.3 Å². The van der Waals surface area contributed by atoms with Crippen molar-refractivity contribution in [3.8, 4) is 6.07 Å². The number of aliphatic hydroxyl groups is 1. The summed E-state index contributed by atoms with van der Waals surface area (Å²) in [6, 6.07) is 2.02. The van der Waals surface area contributed by atoms with Crippen molar-refractivity contribution in [1.29, 1.82) is 5.26 Å². The summed E-state index contributed by atoms with van der Waals surface area (Å²) in [6.45, 7) is 3.32. The van der Waals surface area contributed by atoms with Gasteiger partial charge in [-0.3, -0.25) is 4.68 Å². The van der Waals surface area contributed by atoms with Crippen LogP contribution in [0.1, 0.15) is 25.6 Å². The van der Waals surface area contributed by atoms with Gasteiger partial charge in [0.25, 0.3) is 0 Å². The van der Waals surface area contributed by atoms with Gasteiger partial charge >= 0.3 is 0 Å². The van der Waals surface area contributed by atoms with Gasteiger partial charge in [-0.25, -0.2) is 0 Å². The Labute approximate surface area is 76.6 Å². The molecular formula is C8H12N4O. The fourth-order valence-corrected chi connectivity index (χ4v) is 0.921. The topological polar surface area (TPSA) is 74.7 Å². The number of nitriles is 1. The smallest absolute Gasteiger partial charge is 0.117 e. The number of hydrogen-bond acceptors (Lipinski definition) is 4. The SMILES string of the molecule is Cn1cc(C(O)C(C)(C)C#N)nn1. The van der Waals surface area contributed by atoms with Gasteiger partial charge in [-0.1, -0.05) is 5.21 Å². The zero-order valence-corrected chi connectivity index (χ0v) is 7.89. The van der Waals surface area contributed by atoms with Gasteiger partial charge in [-0.2, -0.15) is 5.26 Å². The van der Waals surface area contributed by atoms with Crippen molar-refractivity contribution in [2.75, 3.05) is 0 Å². The van der Waals surface area contributed by atoms with Crippen LogP contribution in [-0.4, -0.2) is 20.1 Å². The molecule has 1 unspecified atom stereocenters. The van der Waals surface area contributed by atoms with E-state index in [4.69, 9.17) is 5.26 Å². The van der Waals surface area contributed by atoms with E-state index < -0.39 is 11.5 Å². The summed E-state index contributed by atoms with van der Waals surface area (Å²) in [6.07, 6.45) is 0.704. The maximum atomic E-state index is 9.72. The van der Waals surface area contributed by atoms with E-state index in [0.29, 0.717) is 5.69 Å². The van der Waals surface area contributed by atoms with Crippen LogP contribution in [0.4, 0.5) is 0 Å². The Bertz CT molecular complexity index is 336. The number of nitrogens with zero attached hydrogens (tertiary/aromatic N) is 4. The highest BCUT2D eigenvalue weighted by atomic mass is 16.3. The Balaban J connectivity index is 2.92. The molecule has 0 amide bonds. The minimum Gasteiger partial charge on any atom is -0.385 e. The highest BCUT2D eigenvalue weighted by Gasteiger charge is 2.30. The monoisotopic (exact) mass is 180 g/mol. The second kappa shape index (κ2) is 3.15. The Hall–Kier alpha value is -1.41. The van der Waals surface area contributed by atoms with Gasteiger partial charge in [0.05, 0.1) is 17.7 Å². The predicted molar refractivity (Wildman–Crippen MR) is 45.4 cm³/mol. The van der Waals surface area contributed by atoms with Gasteiger partial charge in [0, 0.05) is 7.05 Å². The molecule has 1 heterocycles. The molecule has 1 aromatic heterocycles. The van der Waals surface area contributed by atoms with Gasteiger partial charge in [0.15, 0.2) is 0 Å². The van der Waals surface area contributed by atoms with E-state index in [1.165, 1.54) is 4.68 Å². The van der Waals surface area contributed by atoms with E-state index in [0.717, 1.165) is 0 Å². The first-order valence-electron chi connectivity index (χ1n) is 3.93. The quantitative estimate of drug-likeness (QED) is 0.714. The number of rotatable bonds is 2. The number of hydrogen-bond donors (Lipinski definition) is 1. The first-order chi connectivity index (χ1) is 5.97. The molecule has 0 aliphatic rings. The lowest BCUT2D eigenvalue weighted by Gasteiger charge is -2.20. The van der Waals surface area contributed by atoms with Gasteiger partial charge < -0.3 is 5.11 Å². The van der Waals surface area contributed by atoms with Gasteiger partial charge in [-0.15, -0.1) is 5.10 Å². The number of aryl methyl sites for hydroxylation is 1. The van der Waals surface area contributed by atoms with Crippen LogP contribution >= 0.6 is 0 Å². The maximum Gasteiger partial charge on any atom is 0.117 e. The van der Waals surface area contributed by atoms with Gasteiger partial charge in [0.2, 0.25) is 0 Å². The molecule has 0 aromatic carbocycles. The molecule has 0 aliphatic carbocycles. The molecular weight excluding hydrogens is 168 g/mol. The average molecular weight is 180 g/mol. The molecule has 0 fully saturated rings. The molecule has 1 aromatic rings. The van der Waals surface area contributed by atoms with Gasteiger partial charge in [-0.05, 0) is 13.8 Å². The van der Waals surface area contributed by atoms with Crippen molar-refractivity contribution in [2.24, 2.45) is 12.5 Å². The molecule has 0 bridgehead atoms. The average Bonchev–Trinajstić information content (AvgIpc) is 2.50. The molecule has 1 N–H and O–H groups in total. The summed E-state index contributed by atoms with van der Waals surface area (Å²) in [4.78, 5) is 0. The van der Waals surface area contributed by atoms with E-state index in [1.807, 2.05) is 6.07 Å². The third kappa shape index (κ3) is 1.84. The summed E-state index contributed by atoms with van der Waals surface area (Å²) in [5.41, 5.74) is -0.412. The summed E-state index contributed by atoms with van der Waals surface area (Å²) in [5, 5.41) is 25.9. The lowest BCUT2D eigenvalue weighted by Crippen LogP contribution is -2.20. The molecule has 1 rings (SSSR count). The molecule has 5 heteroatoms. The van der Waals surface area contributed by atoms with Crippen LogP contribution in [0.5, 0.6) is 0 Å². The third-order valence-corrected chi connectivity index (χ3v) is 1.87. The Kier molecular flexibility index (Phi) is 2.34. The molecule has 0 aliphatic heterocycles. The first-order valence-corrected chi connectivity index (χ1v) is 3.93. The van der Waals surface area contributed by atoms with Crippen molar-refractivity contribution in [3.05, 3.63) is 11.9 Å². The summed E-state index contributed by atoms with van der Waals surface area (Å²) in [5.74, 6) is 0. The Morgan fingerprint density at radius 1 is 1.69 bits per heavy atom. The van der Waals surface area contributed by atoms with E-state index in [-0.39, 0.29) is 0 Å². The fourth-order valence-electron chi connectivity index (χ4n) is 0.921. The summed E-state index contributed by atoms with van der Waals surface area (Å²) >= 11 is 0. The molecule has 0 saturated carbocycles. The van der Waals surface area contributed by atoms with Crippen LogP contribution in [-0.2, 0) is 7.05 Å². The van der Waals surface area contributed by atoms with Crippen LogP contribution in [0, 0.1) is 16.7 Å². The number of aromatic nitrogens is 3. The van der Waals surface area contributed by atoms with Crippen molar-refractivity contribution >= 4 is 0 Å².